The first-order valence-electron chi connectivity index (χ1n) is 8.36. The van der Waals surface area contributed by atoms with Crippen LogP contribution in [0.25, 0.3) is 0 Å². The molecule has 0 radical (unpaired) electrons. The minimum Gasteiger partial charge on any atom is -0.378 e. The van der Waals surface area contributed by atoms with Crippen LogP contribution in [0.15, 0.2) is 11.2 Å². The summed E-state index contributed by atoms with van der Waals surface area (Å²) in [6, 6.07) is 0.331. The number of methoxy groups -OCH3 is 1. The Labute approximate surface area is 145 Å². The highest BCUT2D eigenvalue weighted by atomic mass is 16.5. The van der Waals surface area contributed by atoms with E-state index in [9.17, 15) is 0 Å². The molecule has 1 saturated carbocycles. The summed E-state index contributed by atoms with van der Waals surface area (Å²) in [5, 5.41) is 6.90. The Morgan fingerprint density at radius 3 is 2.58 bits per heavy atom. The first kappa shape index (κ1) is 18.6. The van der Waals surface area contributed by atoms with Gasteiger partial charge in [0.2, 0.25) is 5.95 Å². The minimum absolute atomic E-state index is 0.0456. The van der Waals surface area contributed by atoms with E-state index in [1.165, 1.54) is 0 Å². The molecule has 1 aromatic rings. The largest absolute Gasteiger partial charge is 0.378 e. The number of hydrogen-bond donors (Lipinski definition) is 2. The highest BCUT2D eigenvalue weighted by Crippen LogP contribution is 2.51. The van der Waals surface area contributed by atoms with Crippen LogP contribution < -0.4 is 15.5 Å². The Morgan fingerprint density at radius 1 is 1.46 bits per heavy atom. The summed E-state index contributed by atoms with van der Waals surface area (Å²) in [7, 11) is 9.59. The maximum absolute atomic E-state index is 5.69. The van der Waals surface area contributed by atoms with Crippen LogP contribution in [0.1, 0.15) is 32.9 Å². The van der Waals surface area contributed by atoms with E-state index in [0.29, 0.717) is 12.6 Å². The van der Waals surface area contributed by atoms with Crippen LogP contribution in [0.3, 0.4) is 0 Å². The van der Waals surface area contributed by atoms with E-state index in [1.54, 1.807) is 14.2 Å². The number of aliphatic imine (C=N–C) groups is 1. The van der Waals surface area contributed by atoms with E-state index in [2.05, 4.69) is 45.9 Å². The van der Waals surface area contributed by atoms with Crippen LogP contribution in [-0.4, -0.2) is 55.4 Å². The highest BCUT2D eigenvalue weighted by molar-refractivity contribution is 5.80. The fourth-order valence-corrected chi connectivity index (χ4v) is 3.27. The van der Waals surface area contributed by atoms with Gasteiger partial charge in [0.1, 0.15) is 0 Å². The zero-order valence-electron chi connectivity index (χ0n) is 16.3. The molecule has 0 aliphatic heterocycles. The number of nitrogens with one attached hydrogen (secondary N) is 2. The summed E-state index contributed by atoms with van der Waals surface area (Å²) >= 11 is 0. The number of aromatic nitrogens is 2. The molecule has 1 aliphatic rings. The molecule has 0 aromatic carbocycles. The first-order valence-corrected chi connectivity index (χ1v) is 8.36. The van der Waals surface area contributed by atoms with Crippen molar-refractivity contribution in [3.05, 3.63) is 11.9 Å². The second kappa shape index (κ2) is 6.63. The highest BCUT2D eigenvalue weighted by Gasteiger charge is 2.58. The van der Waals surface area contributed by atoms with Gasteiger partial charge in [-0.25, -0.2) is 4.98 Å². The molecule has 1 aliphatic carbocycles. The second-order valence-corrected chi connectivity index (χ2v) is 7.49. The smallest absolute Gasteiger partial charge is 0.204 e. The van der Waals surface area contributed by atoms with Gasteiger partial charge in [-0.2, -0.15) is 0 Å². The molecule has 2 atom stereocenters. The average molecular weight is 336 g/mol. The van der Waals surface area contributed by atoms with Crippen LogP contribution >= 0.6 is 0 Å². The number of guanidine groups is 1. The van der Waals surface area contributed by atoms with E-state index in [0.717, 1.165) is 24.0 Å². The lowest BCUT2D eigenvalue weighted by molar-refractivity contribution is -0.176. The Balaban J connectivity index is 1.95. The van der Waals surface area contributed by atoms with Crippen molar-refractivity contribution in [3.63, 3.8) is 0 Å². The van der Waals surface area contributed by atoms with Crippen molar-refractivity contribution in [2.24, 2.45) is 17.5 Å². The van der Waals surface area contributed by atoms with Crippen molar-refractivity contribution in [2.45, 2.75) is 45.4 Å². The standard InChI is InChI=1S/C17H32N6O/c1-16(2)13(9-17(16,3)24-8)21-14(18-4)19-10-12-11-20-15(22(5)6)23(12)7/h11,13H,9-10H2,1-8H3,(H2,18,19,21). The van der Waals surface area contributed by atoms with Crippen molar-refractivity contribution in [3.8, 4) is 0 Å². The monoisotopic (exact) mass is 336 g/mol. The Kier molecular flexibility index (Phi) is 5.13. The fourth-order valence-electron chi connectivity index (χ4n) is 3.27. The molecule has 1 aromatic heterocycles. The van der Waals surface area contributed by atoms with Crippen molar-refractivity contribution >= 4 is 11.9 Å². The van der Waals surface area contributed by atoms with Gasteiger partial charge < -0.3 is 24.8 Å². The van der Waals surface area contributed by atoms with E-state index in [-0.39, 0.29) is 11.0 Å². The molecule has 24 heavy (non-hydrogen) atoms. The number of rotatable bonds is 5. The molecular weight excluding hydrogens is 304 g/mol. The predicted molar refractivity (Wildman–Crippen MR) is 98.5 cm³/mol. The third-order valence-corrected chi connectivity index (χ3v) is 5.71. The molecule has 7 heteroatoms. The van der Waals surface area contributed by atoms with E-state index >= 15 is 0 Å². The summed E-state index contributed by atoms with van der Waals surface area (Å²) in [6.07, 6.45) is 2.86. The predicted octanol–water partition coefficient (Wildman–Crippen LogP) is 1.35. The number of ether oxygens (including phenoxy) is 1. The van der Waals surface area contributed by atoms with E-state index in [4.69, 9.17) is 4.74 Å². The molecule has 2 unspecified atom stereocenters. The van der Waals surface area contributed by atoms with E-state index < -0.39 is 0 Å². The molecule has 0 saturated heterocycles. The van der Waals surface area contributed by atoms with Crippen molar-refractivity contribution in [1.82, 2.24) is 20.2 Å². The van der Waals surface area contributed by atoms with Crippen LogP contribution in [0.2, 0.25) is 0 Å². The quantitative estimate of drug-likeness (QED) is 0.628. The van der Waals surface area contributed by atoms with Gasteiger partial charge in [0.15, 0.2) is 5.96 Å². The van der Waals surface area contributed by atoms with Gasteiger partial charge >= 0.3 is 0 Å². The normalized spacial score (nSPS) is 26.0. The second-order valence-electron chi connectivity index (χ2n) is 7.49. The lowest BCUT2D eigenvalue weighted by atomic mass is 9.56. The van der Waals surface area contributed by atoms with Crippen LogP contribution in [0, 0.1) is 5.41 Å². The Morgan fingerprint density at radius 2 is 2.12 bits per heavy atom. The summed E-state index contributed by atoms with van der Waals surface area (Å²) in [5.74, 6) is 1.74. The lowest BCUT2D eigenvalue weighted by Crippen LogP contribution is -2.69. The molecule has 2 N–H and O–H groups in total. The van der Waals surface area contributed by atoms with Crippen LogP contribution in [0.4, 0.5) is 5.95 Å². The van der Waals surface area contributed by atoms with Gasteiger partial charge in [-0.15, -0.1) is 0 Å². The van der Waals surface area contributed by atoms with Crippen LogP contribution in [-0.2, 0) is 18.3 Å². The Bertz CT molecular complexity index is 606. The molecule has 0 spiro atoms. The summed E-state index contributed by atoms with van der Waals surface area (Å²) in [4.78, 5) is 10.8. The molecule has 0 bridgehead atoms. The Hall–Kier alpha value is -1.76. The third kappa shape index (κ3) is 3.09. The lowest BCUT2D eigenvalue weighted by Gasteiger charge is -2.59. The number of imidazole rings is 1. The molecular formula is C17H32N6O. The van der Waals surface area contributed by atoms with Crippen molar-refractivity contribution in [2.75, 3.05) is 33.2 Å². The zero-order valence-corrected chi connectivity index (χ0v) is 16.3. The molecule has 136 valence electrons. The van der Waals surface area contributed by atoms with Gasteiger partial charge in [-0.3, -0.25) is 4.99 Å². The molecule has 0 amide bonds. The SMILES string of the molecule is CN=C(NCc1cnc(N(C)C)n1C)NC1CC(C)(OC)C1(C)C. The molecule has 7 nitrogen and oxygen atoms in total. The fraction of sp³-hybridized carbons (Fsp3) is 0.765. The van der Waals surface area contributed by atoms with Gasteiger partial charge in [-0.05, 0) is 13.3 Å². The van der Waals surface area contributed by atoms with E-state index in [1.807, 2.05) is 32.2 Å². The van der Waals surface area contributed by atoms with Gasteiger partial charge in [-0.1, -0.05) is 13.8 Å². The van der Waals surface area contributed by atoms with Crippen molar-refractivity contribution < 1.29 is 4.74 Å². The number of hydrogen-bond acceptors (Lipinski definition) is 4. The summed E-state index contributed by atoms with van der Waals surface area (Å²) < 4.78 is 7.77. The minimum atomic E-state index is -0.0911. The number of nitrogens with zero attached hydrogens (tertiary/aromatic N) is 4. The molecule has 1 heterocycles. The van der Waals surface area contributed by atoms with Gasteiger partial charge in [0.25, 0.3) is 0 Å². The molecule has 2 rings (SSSR count). The summed E-state index contributed by atoms with van der Waals surface area (Å²) in [5.41, 5.74) is 1.06. The molecule has 1 fully saturated rings. The third-order valence-electron chi connectivity index (χ3n) is 5.71. The van der Waals surface area contributed by atoms with Crippen molar-refractivity contribution in [1.29, 1.82) is 0 Å². The van der Waals surface area contributed by atoms with Gasteiger partial charge in [0, 0.05) is 46.8 Å². The summed E-state index contributed by atoms with van der Waals surface area (Å²) in [6.45, 7) is 7.30. The maximum Gasteiger partial charge on any atom is 0.204 e. The first-order chi connectivity index (χ1) is 11.2. The topological polar surface area (TPSA) is 66.7 Å². The maximum atomic E-state index is 5.69. The number of anilines is 1. The zero-order chi connectivity index (χ0) is 18.1. The average Bonchev–Trinajstić information content (AvgIpc) is 2.91. The van der Waals surface area contributed by atoms with Gasteiger partial charge in [0.05, 0.1) is 24.0 Å². The van der Waals surface area contributed by atoms with Crippen LogP contribution in [0.5, 0.6) is 0 Å².